The van der Waals surface area contributed by atoms with Crippen molar-refractivity contribution in [3.63, 3.8) is 0 Å². The van der Waals surface area contributed by atoms with Gasteiger partial charge in [-0.1, -0.05) is 31.6 Å². The second-order valence-electron chi connectivity index (χ2n) is 9.16. The van der Waals surface area contributed by atoms with E-state index < -0.39 is 11.5 Å². The smallest absolute Gasteiger partial charge is 0.311 e. The van der Waals surface area contributed by atoms with Gasteiger partial charge in [-0.05, 0) is 68.3 Å². The Bertz CT molecular complexity index is 635. The van der Waals surface area contributed by atoms with E-state index in [1.807, 2.05) is 0 Å². The number of carbonyl (C=O) groups is 1. The Morgan fingerprint density at radius 2 is 2.08 bits per heavy atom. The zero-order chi connectivity index (χ0) is 17.3. The second kappa shape index (κ2) is 4.97. The topological polar surface area (TPSA) is 46.5 Å². The van der Waals surface area contributed by atoms with E-state index in [1.54, 1.807) is 0 Å². The summed E-state index contributed by atoms with van der Waals surface area (Å²) in [6.45, 7) is 8.66. The van der Waals surface area contributed by atoms with Gasteiger partial charge in [0.2, 0.25) is 0 Å². The molecular formula is C21H30O3. The minimum Gasteiger partial charge on any atom is -0.469 e. The Morgan fingerprint density at radius 3 is 2.79 bits per heavy atom. The highest BCUT2D eigenvalue weighted by Gasteiger charge is 2.65. The highest BCUT2D eigenvalue weighted by Crippen LogP contribution is 2.70. The maximum absolute atomic E-state index is 12.6. The predicted octanol–water partition coefficient (Wildman–Crippen LogP) is 4.02. The number of esters is 1. The van der Waals surface area contributed by atoms with Gasteiger partial charge in [-0.3, -0.25) is 4.79 Å². The first-order valence-corrected chi connectivity index (χ1v) is 9.46. The zero-order valence-corrected chi connectivity index (χ0v) is 15.2. The van der Waals surface area contributed by atoms with E-state index in [0.717, 1.165) is 50.5 Å². The van der Waals surface area contributed by atoms with Crippen molar-refractivity contribution in [3.05, 3.63) is 23.8 Å². The fourth-order valence-electron chi connectivity index (χ4n) is 7.10. The molecule has 3 fully saturated rings. The monoisotopic (exact) mass is 330 g/mol. The summed E-state index contributed by atoms with van der Waals surface area (Å²) in [6, 6.07) is 0. The fourth-order valence-corrected chi connectivity index (χ4v) is 7.10. The number of carbonyl (C=O) groups excluding carboxylic acids is 1. The maximum Gasteiger partial charge on any atom is 0.311 e. The van der Waals surface area contributed by atoms with Crippen LogP contribution < -0.4 is 0 Å². The van der Waals surface area contributed by atoms with Crippen LogP contribution >= 0.6 is 0 Å². The van der Waals surface area contributed by atoms with Crippen LogP contribution in [0, 0.1) is 28.1 Å². The number of ether oxygens (including phenoxy) is 1. The lowest BCUT2D eigenvalue weighted by Gasteiger charge is -2.60. The molecule has 4 rings (SSSR count). The molecule has 3 nitrogen and oxygen atoms in total. The van der Waals surface area contributed by atoms with Crippen molar-refractivity contribution in [2.75, 3.05) is 7.11 Å². The summed E-state index contributed by atoms with van der Waals surface area (Å²) in [5.41, 5.74) is 1.95. The lowest BCUT2D eigenvalue weighted by Crippen LogP contribution is -2.56. The minimum atomic E-state index is -0.402. The molecule has 0 heterocycles. The summed E-state index contributed by atoms with van der Waals surface area (Å²) in [5, 5.41) is 11.0. The Labute approximate surface area is 145 Å². The highest BCUT2D eigenvalue weighted by atomic mass is 16.5. The third kappa shape index (κ3) is 1.75. The van der Waals surface area contributed by atoms with Gasteiger partial charge in [0.15, 0.2) is 0 Å². The largest absolute Gasteiger partial charge is 0.469 e. The van der Waals surface area contributed by atoms with E-state index in [4.69, 9.17) is 4.74 Å². The van der Waals surface area contributed by atoms with Gasteiger partial charge in [-0.2, -0.15) is 0 Å². The van der Waals surface area contributed by atoms with Crippen molar-refractivity contribution >= 4 is 5.97 Å². The number of aliphatic hydroxyl groups excluding tert-OH is 1. The lowest BCUT2D eigenvalue weighted by molar-refractivity contribution is -0.166. The van der Waals surface area contributed by atoms with Crippen LogP contribution in [-0.4, -0.2) is 24.3 Å². The molecule has 1 spiro atoms. The van der Waals surface area contributed by atoms with Crippen molar-refractivity contribution in [3.8, 4) is 0 Å². The SMILES string of the molecule is C=C1[C@@H]2CC=C3[C@@](CC[C@@H]4[C@](C)(C(=O)OC)CCC[C@@]34C)(C2)[C@H]1O. The first kappa shape index (κ1) is 16.4. The standard InChI is InChI=1S/C21H30O3/c1-13-14-6-7-16-19(2)9-5-10-20(3,18(23)24-4)15(19)8-11-21(16,12-14)17(13)22/h7,14-15,17,22H,1,5-6,8-12H2,2-4H3/t14-,15+,17+,19-,20-,21-/m1/s1. The third-order valence-electron chi connectivity index (χ3n) is 8.23. The minimum absolute atomic E-state index is 0.00396. The van der Waals surface area contributed by atoms with E-state index in [0.29, 0.717) is 11.8 Å². The Kier molecular flexibility index (Phi) is 3.39. The molecule has 0 aromatic carbocycles. The summed E-state index contributed by atoms with van der Waals surface area (Å²) in [7, 11) is 1.51. The molecule has 2 bridgehead atoms. The van der Waals surface area contributed by atoms with Crippen LogP contribution in [0.3, 0.4) is 0 Å². The summed E-state index contributed by atoms with van der Waals surface area (Å²) < 4.78 is 5.20. The summed E-state index contributed by atoms with van der Waals surface area (Å²) in [5.74, 6) is 0.695. The predicted molar refractivity (Wildman–Crippen MR) is 93.2 cm³/mol. The molecule has 132 valence electrons. The van der Waals surface area contributed by atoms with Crippen LogP contribution in [0.15, 0.2) is 23.8 Å². The van der Waals surface area contributed by atoms with Crippen molar-refractivity contribution in [2.24, 2.45) is 28.1 Å². The van der Waals surface area contributed by atoms with Crippen LogP contribution in [-0.2, 0) is 9.53 Å². The van der Waals surface area contributed by atoms with Gasteiger partial charge in [-0.15, -0.1) is 0 Å². The lowest BCUT2D eigenvalue weighted by atomic mass is 9.43. The molecule has 4 aliphatic carbocycles. The highest BCUT2D eigenvalue weighted by molar-refractivity contribution is 5.77. The number of methoxy groups -OCH3 is 1. The maximum atomic E-state index is 12.6. The molecule has 1 N–H and O–H groups in total. The van der Waals surface area contributed by atoms with Gasteiger partial charge in [0.05, 0.1) is 18.6 Å². The Balaban J connectivity index is 1.80. The van der Waals surface area contributed by atoms with Crippen molar-refractivity contribution in [2.45, 2.75) is 64.9 Å². The van der Waals surface area contributed by atoms with Crippen LogP contribution in [0.4, 0.5) is 0 Å². The molecule has 0 aromatic rings. The van der Waals surface area contributed by atoms with Gasteiger partial charge in [-0.25, -0.2) is 0 Å². The first-order valence-electron chi connectivity index (χ1n) is 9.46. The molecule has 0 unspecified atom stereocenters. The molecular weight excluding hydrogens is 300 g/mol. The molecule has 0 saturated heterocycles. The molecule has 6 atom stereocenters. The summed E-state index contributed by atoms with van der Waals surface area (Å²) >= 11 is 0. The molecule has 3 saturated carbocycles. The quantitative estimate of drug-likeness (QED) is 0.583. The molecule has 4 aliphatic rings. The summed E-state index contributed by atoms with van der Waals surface area (Å²) in [4.78, 5) is 12.6. The molecule has 0 aliphatic heterocycles. The number of hydrogen-bond acceptors (Lipinski definition) is 3. The van der Waals surface area contributed by atoms with E-state index in [9.17, 15) is 9.90 Å². The number of rotatable bonds is 1. The second-order valence-corrected chi connectivity index (χ2v) is 9.16. The Hall–Kier alpha value is -1.09. The fraction of sp³-hybridized carbons (Fsp3) is 0.762. The van der Waals surface area contributed by atoms with Crippen LogP contribution in [0.2, 0.25) is 0 Å². The Morgan fingerprint density at radius 1 is 1.33 bits per heavy atom. The molecule has 24 heavy (non-hydrogen) atoms. The van der Waals surface area contributed by atoms with Crippen LogP contribution in [0.5, 0.6) is 0 Å². The molecule has 0 amide bonds. The third-order valence-corrected chi connectivity index (χ3v) is 8.23. The van der Waals surface area contributed by atoms with Crippen molar-refractivity contribution in [1.29, 1.82) is 0 Å². The average Bonchev–Trinajstić information content (AvgIpc) is 2.74. The average molecular weight is 330 g/mol. The number of fused-ring (bicyclic) bond motifs is 3. The zero-order valence-electron chi connectivity index (χ0n) is 15.2. The van der Waals surface area contributed by atoms with E-state index in [2.05, 4.69) is 26.5 Å². The molecule has 0 radical (unpaired) electrons. The van der Waals surface area contributed by atoms with E-state index in [1.165, 1.54) is 12.7 Å². The van der Waals surface area contributed by atoms with E-state index >= 15 is 0 Å². The number of aliphatic hydroxyl groups is 1. The van der Waals surface area contributed by atoms with Gasteiger partial charge in [0.25, 0.3) is 0 Å². The molecule has 0 aromatic heterocycles. The number of allylic oxidation sites excluding steroid dienone is 1. The van der Waals surface area contributed by atoms with Crippen molar-refractivity contribution < 1.29 is 14.6 Å². The van der Waals surface area contributed by atoms with E-state index in [-0.39, 0.29) is 16.8 Å². The normalized spacial score (nSPS) is 49.9. The van der Waals surface area contributed by atoms with Gasteiger partial charge in [0.1, 0.15) is 0 Å². The van der Waals surface area contributed by atoms with Gasteiger partial charge < -0.3 is 9.84 Å². The number of hydrogen-bond donors (Lipinski definition) is 1. The van der Waals surface area contributed by atoms with Crippen LogP contribution in [0.25, 0.3) is 0 Å². The summed E-state index contributed by atoms with van der Waals surface area (Å²) in [6.07, 6.45) is 9.11. The molecule has 3 heteroatoms. The first-order chi connectivity index (χ1) is 11.3. The van der Waals surface area contributed by atoms with Crippen LogP contribution in [0.1, 0.15) is 58.8 Å². The van der Waals surface area contributed by atoms with Gasteiger partial charge >= 0.3 is 5.97 Å². The van der Waals surface area contributed by atoms with Crippen molar-refractivity contribution in [1.82, 2.24) is 0 Å². The van der Waals surface area contributed by atoms with Gasteiger partial charge in [0, 0.05) is 5.41 Å².